The summed E-state index contributed by atoms with van der Waals surface area (Å²) < 4.78 is 0. The number of hydrogen-bond donors (Lipinski definition) is 1. The van der Waals surface area contributed by atoms with Crippen molar-refractivity contribution in [2.24, 2.45) is 0 Å². The summed E-state index contributed by atoms with van der Waals surface area (Å²) in [5.41, 5.74) is 1.02. The molecule has 22 heavy (non-hydrogen) atoms. The van der Waals surface area contributed by atoms with Crippen LogP contribution in [0.2, 0.25) is 0 Å². The van der Waals surface area contributed by atoms with Gasteiger partial charge in [0.15, 0.2) is 0 Å². The van der Waals surface area contributed by atoms with Crippen LogP contribution in [-0.4, -0.2) is 53.0 Å². The van der Waals surface area contributed by atoms with E-state index in [1.807, 2.05) is 12.1 Å². The van der Waals surface area contributed by atoms with E-state index < -0.39 is 0 Å². The molecule has 5 heteroatoms. The van der Waals surface area contributed by atoms with Crippen LogP contribution in [0.4, 0.5) is 5.82 Å². The molecule has 1 aromatic rings. The molecule has 3 fully saturated rings. The number of amides is 1. The Hall–Kier alpha value is -1.62. The van der Waals surface area contributed by atoms with Crippen molar-refractivity contribution in [2.45, 2.75) is 50.7 Å². The van der Waals surface area contributed by atoms with E-state index in [1.54, 1.807) is 6.20 Å². The smallest absolute Gasteiger partial charge is 0.253 e. The van der Waals surface area contributed by atoms with Crippen molar-refractivity contribution in [1.82, 2.24) is 15.2 Å². The number of carbonyl (C=O) groups is 1. The van der Waals surface area contributed by atoms with Gasteiger partial charge < -0.3 is 15.1 Å². The normalized spacial score (nSPS) is 33.3. The lowest BCUT2D eigenvalue weighted by Crippen LogP contribution is -2.37. The molecule has 1 amide bonds. The number of nitrogens with zero attached hydrogens (tertiary/aromatic N) is 3. The van der Waals surface area contributed by atoms with Crippen LogP contribution in [0, 0.1) is 0 Å². The van der Waals surface area contributed by atoms with Crippen molar-refractivity contribution >= 4 is 11.7 Å². The zero-order chi connectivity index (χ0) is 15.3. The predicted octanol–water partition coefficient (Wildman–Crippen LogP) is 1.65. The van der Waals surface area contributed by atoms with Gasteiger partial charge in [0, 0.05) is 25.3 Å². The summed E-state index contributed by atoms with van der Waals surface area (Å²) in [5.74, 6) is 1.02. The van der Waals surface area contributed by atoms with Crippen LogP contribution < -0.4 is 10.2 Å². The van der Waals surface area contributed by atoms with E-state index in [-0.39, 0.29) is 11.9 Å². The second-order valence-corrected chi connectivity index (χ2v) is 7.04. The summed E-state index contributed by atoms with van der Waals surface area (Å²) in [5, 5.41) is 3.13. The maximum Gasteiger partial charge on any atom is 0.253 e. The summed E-state index contributed by atoms with van der Waals surface area (Å²) >= 11 is 0. The predicted molar refractivity (Wildman–Crippen MR) is 86.1 cm³/mol. The minimum atomic E-state index is 0.00184. The van der Waals surface area contributed by atoms with Crippen LogP contribution in [0.5, 0.6) is 0 Å². The van der Waals surface area contributed by atoms with Crippen LogP contribution in [0.3, 0.4) is 0 Å². The lowest BCUT2D eigenvalue weighted by molar-refractivity contribution is 0.0937. The number of aromatic nitrogens is 1. The molecule has 3 aliphatic rings. The highest BCUT2D eigenvalue weighted by atomic mass is 16.1. The fourth-order valence-electron chi connectivity index (χ4n) is 4.03. The molecule has 1 aliphatic carbocycles. The molecule has 0 aromatic carbocycles. The van der Waals surface area contributed by atoms with Crippen LogP contribution >= 0.6 is 0 Å². The fourth-order valence-corrected chi connectivity index (χ4v) is 4.03. The molecule has 3 heterocycles. The van der Waals surface area contributed by atoms with Crippen LogP contribution in [0.15, 0.2) is 18.3 Å². The molecule has 5 nitrogen and oxygen atoms in total. The second kappa shape index (κ2) is 4.95. The minimum absolute atomic E-state index is 0.00184. The zero-order valence-corrected chi connectivity index (χ0v) is 13.4. The third-order valence-corrected chi connectivity index (χ3v) is 5.75. The first kappa shape index (κ1) is 14.0. The molecule has 3 atom stereocenters. The molecule has 2 aliphatic heterocycles. The summed E-state index contributed by atoms with van der Waals surface area (Å²) in [6.07, 6.45) is 5.30. The van der Waals surface area contributed by atoms with Gasteiger partial charge >= 0.3 is 0 Å². The van der Waals surface area contributed by atoms with E-state index >= 15 is 0 Å². The number of fused-ring (bicyclic) bond motifs is 1. The number of likely N-dealkylation sites (N-methyl/N-ethyl adjacent to an activating group) is 1. The molecular formula is C17H24N4O. The van der Waals surface area contributed by atoms with E-state index in [9.17, 15) is 4.79 Å². The van der Waals surface area contributed by atoms with Gasteiger partial charge in [-0.05, 0) is 44.9 Å². The lowest BCUT2D eigenvalue weighted by atomic mass is 9.87. The highest BCUT2D eigenvalue weighted by molar-refractivity contribution is 5.94. The molecule has 4 rings (SSSR count). The Kier molecular flexibility index (Phi) is 3.15. The van der Waals surface area contributed by atoms with Crippen molar-refractivity contribution in [3.05, 3.63) is 23.9 Å². The molecule has 0 spiro atoms. The summed E-state index contributed by atoms with van der Waals surface area (Å²) in [4.78, 5) is 21.6. The first-order valence-corrected chi connectivity index (χ1v) is 8.40. The minimum Gasteiger partial charge on any atom is -0.348 e. The second-order valence-electron chi connectivity index (χ2n) is 7.04. The van der Waals surface area contributed by atoms with Gasteiger partial charge in [0.1, 0.15) is 5.82 Å². The number of nitrogens with one attached hydrogen (secondary N) is 1. The Bertz CT molecular complexity index is 587. The van der Waals surface area contributed by atoms with E-state index in [0.717, 1.165) is 31.9 Å². The quantitative estimate of drug-likeness (QED) is 0.859. The van der Waals surface area contributed by atoms with Crippen LogP contribution in [0.1, 0.15) is 43.5 Å². The number of likely N-dealkylation sites (tertiary alicyclic amines) is 1. The maximum absolute atomic E-state index is 12.3. The Labute approximate surface area is 131 Å². The molecule has 0 bridgehead atoms. The molecule has 118 valence electrons. The number of pyridine rings is 1. The molecular weight excluding hydrogens is 276 g/mol. The zero-order valence-electron chi connectivity index (χ0n) is 13.4. The SMILES string of the molecule is CCN1CC[C@H](NC(=O)c2ccc(N3C4CCC43C)nc2)C1. The number of rotatable bonds is 4. The fraction of sp³-hybridized carbons (Fsp3) is 0.647. The Morgan fingerprint density at radius 3 is 2.82 bits per heavy atom. The van der Waals surface area contributed by atoms with E-state index in [1.165, 1.54) is 12.8 Å². The van der Waals surface area contributed by atoms with E-state index in [0.29, 0.717) is 17.1 Å². The van der Waals surface area contributed by atoms with Crippen molar-refractivity contribution in [1.29, 1.82) is 0 Å². The Morgan fingerprint density at radius 1 is 1.45 bits per heavy atom. The summed E-state index contributed by atoms with van der Waals surface area (Å²) in [7, 11) is 0. The van der Waals surface area contributed by atoms with Crippen molar-refractivity contribution in [3.63, 3.8) is 0 Å². The average Bonchev–Trinajstić information content (AvgIpc) is 2.86. The molecule has 0 radical (unpaired) electrons. The van der Waals surface area contributed by atoms with Gasteiger partial charge in [0.2, 0.25) is 0 Å². The summed E-state index contributed by atoms with van der Waals surface area (Å²) in [6.45, 7) is 7.55. The Morgan fingerprint density at radius 2 is 2.27 bits per heavy atom. The highest BCUT2D eigenvalue weighted by Gasteiger charge is 2.66. The first-order chi connectivity index (χ1) is 10.6. The van der Waals surface area contributed by atoms with Gasteiger partial charge in [-0.1, -0.05) is 6.92 Å². The van der Waals surface area contributed by atoms with Crippen LogP contribution in [0.25, 0.3) is 0 Å². The molecule has 1 aromatic heterocycles. The third kappa shape index (κ3) is 2.10. The number of hydrogen-bond acceptors (Lipinski definition) is 4. The highest BCUT2D eigenvalue weighted by Crippen LogP contribution is 2.57. The van der Waals surface area contributed by atoms with Gasteiger partial charge in [-0.2, -0.15) is 0 Å². The van der Waals surface area contributed by atoms with Crippen LogP contribution in [-0.2, 0) is 0 Å². The molecule has 1 N–H and O–H groups in total. The largest absolute Gasteiger partial charge is 0.348 e. The maximum atomic E-state index is 12.3. The van der Waals surface area contributed by atoms with Crippen molar-refractivity contribution in [3.8, 4) is 0 Å². The monoisotopic (exact) mass is 300 g/mol. The van der Waals surface area contributed by atoms with E-state index in [2.05, 4.69) is 33.9 Å². The summed E-state index contributed by atoms with van der Waals surface area (Å²) in [6, 6.07) is 4.85. The number of anilines is 1. The van der Waals surface area contributed by atoms with Gasteiger partial charge in [0.25, 0.3) is 5.91 Å². The molecule has 2 saturated heterocycles. The third-order valence-electron chi connectivity index (χ3n) is 5.75. The first-order valence-electron chi connectivity index (χ1n) is 8.40. The van der Waals surface area contributed by atoms with Gasteiger partial charge in [-0.15, -0.1) is 0 Å². The molecule has 2 unspecified atom stereocenters. The van der Waals surface area contributed by atoms with E-state index in [4.69, 9.17) is 0 Å². The lowest BCUT2D eigenvalue weighted by Gasteiger charge is -2.15. The standard InChI is InChI=1S/C17H24N4O/c1-3-20-9-7-13(11-20)19-16(22)12-4-5-15(18-10-12)21-14-6-8-17(14,21)2/h4-5,10,13-14H,3,6-9,11H2,1-2H3,(H,19,22)/t13-,14?,17?,21?/m0/s1. The van der Waals surface area contributed by atoms with Gasteiger partial charge in [0.05, 0.1) is 17.1 Å². The van der Waals surface area contributed by atoms with Gasteiger partial charge in [-0.3, -0.25) is 4.79 Å². The average molecular weight is 300 g/mol. The van der Waals surface area contributed by atoms with Crippen molar-refractivity contribution in [2.75, 3.05) is 24.5 Å². The molecule has 1 saturated carbocycles. The Balaban J connectivity index is 1.38. The topological polar surface area (TPSA) is 48.2 Å². The van der Waals surface area contributed by atoms with Gasteiger partial charge in [-0.25, -0.2) is 4.98 Å². The number of carbonyl (C=O) groups excluding carboxylic acids is 1. The van der Waals surface area contributed by atoms with Crippen molar-refractivity contribution < 1.29 is 4.79 Å².